The smallest absolute Gasteiger partial charge is 0.303 e. The number of carboxylic acids is 1. The second kappa shape index (κ2) is 7.65. The van der Waals surface area contributed by atoms with E-state index in [0.29, 0.717) is 11.8 Å². The fourth-order valence-electron chi connectivity index (χ4n) is 2.55. The lowest BCUT2D eigenvalue weighted by atomic mass is 10.2. The van der Waals surface area contributed by atoms with Crippen LogP contribution in [0.25, 0.3) is 10.2 Å². The van der Waals surface area contributed by atoms with Crippen molar-refractivity contribution in [2.45, 2.75) is 26.3 Å². The van der Waals surface area contributed by atoms with Crippen LogP contribution in [-0.2, 0) is 16.1 Å². The van der Waals surface area contributed by atoms with E-state index in [1.807, 2.05) is 0 Å². The van der Waals surface area contributed by atoms with E-state index in [2.05, 4.69) is 4.98 Å². The first-order valence-corrected chi connectivity index (χ1v) is 9.46. The maximum Gasteiger partial charge on any atom is 0.303 e. The zero-order valence-corrected chi connectivity index (χ0v) is 15.6. The van der Waals surface area contributed by atoms with Crippen molar-refractivity contribution in [1.29, 1.82) is 0 Å². The molecule has 0 radical (unpaired) electrons. The Morgan fingerprint density at radius 2 is 1.96 bits per heavy atom. The third kappa shape index (κ3) is 3.96. The lowest BCUT2D eigenvalue weighted by Gasteiger charge is -2.21. The van der Waals surface area contributed by atoms with E-state index in [1.165, 1.54) is 16.2 Å². The minimum atomic E-state index is -1.33. The van der Waals surface area contributed by atoms with E-state index in [4.69, 9.17) is 5.11 Å². The van der Waals surface area contributed by atoms with Crippen LogP contribution >= 0.6 is 22.7 Å². The highest BCUT2D eigenvalue weighted by Crippen LogP contribution is 2.32. The van der Waals surface area contributed by atoms with E-state index in [9.17, 15) is 22.8 Å². The Balaban J connectivity index is 1.97. The van der Waals surface area contributed by atoms with Gasteiger partial charge in [0.05, 0.1) is 23.4 Å². The largest absolute Gasteiger partial charge is 0.481 e. The van der Waals surface area contributed by atoms with Gasteiger partial charge >= 0.3 is 5.97 Å². The van der Waals surface area contributed by atoms with Gasteiger partial charge in [0.25, 0.3) is 0 Å². The molecule has 10 heteroatoms. The highest BCUT2D eigenvalue weighted by molar-refractivity contribution is 7.18. The van der Waals surface area contributed by atoms with Crippen LogP contribution in [-0.4, -0.2) is 22.0 Å². The minimum absolute atomic E-state index is 0.101. The van der Waals surface area contributed by atoms with Crippen LogP contribution < -0.4 is 4.90 Å². The van der Waals surface area contributed by atoms with Crippen molar-refractivity contribution in [3.63, 3.8) is 0 Å². The van der Waals surface area contributed by atoms with Crippen molar-refractivity contribution in [2.75, 3.05) is 4.90 Å². The number of aromatic nitrogens is 1. The monoisotopic (exact) mass is 414 g/mol. The van der Waals surface area contributed by atoms with Crippen molar-refractivity contribution in [3.05, 3.63) is 44.8 Å². The van der Waals surface area contributed by atoms with Gasteiger partial charge in [-0.3, -0.25) is 9.59 Å². The molecular formula is C17H13F3N2O3S2. The van der Waals surface area contributed by atoms with Gasteiger partial charge in [0.2, 0.25) is 5.91 Å². The van der Waals surface area contributed by atoms with Crippen LogP contribution in [0.3, 0.4) is 0 Å². The summed E-state index contributed by atoms with van der Waals surface area (Å²) in [5.41, 5.74) is 0.147. The number of halogens is 3. The average Bonchev–Trinajstić information content (AvgIpc) is 3.22. The maximum atomic E-state index is 13.9. The number of rotatable bonds is 6. The van der Waals surface area contributed by atoms with Crippen LogP contribution in [0.1, 0.15) is 22.7 Å². The predicted octanol–water partition coefficient (Wildman–Crippen LogP) is 4.48. The molecule has 0 aliphatic heterocycles. The normalized spacial score (nSPS) is 11.1. The maximum absolute atomic E-state index is 13.9. The summed E-state index contributed by atoms with van der Waals surface area (Å²) < 4.78 is 41.1. The number of thiazole rings is 1. The molecule has 0 aliphatic carbocycles. The summed E-state index contributed by atoms with van der Waals surface area (Å²) in [5.74, 6) is -5.07. The number of carbonyl (C=O) groups excluding carboxylic acids is 1. The number of aliphatic carboxylic acids is 1. The third-order valence-electron chi connectivity index (χ3n) is 3.83. The highest BCUT2D eigenvalue weighted by atomic mass is 32.1. The van der Waals surface area contributed by atoms with Crippen molar-refractivity contribution in [3.8, 4) is 0 Å². The van der Waals surface area contributed by atoms with Gasteiger partial charge in [0.1, 0.15) is 16.3 Å². The lowest BCUT2D eigenvalue weighted by Crippen LogP contribution is -2.30. The molecule has 5 nitrogen and oxygen atoms in total. The number of thiophene rings is 1. The van der Waals surface area contributed by atoms with Gasteiger partial charge in [-0.2, -0.15) is 0 Å². The summed E-state index contributed by atoms with van der Waals surface area (Å²) in [4.78, 5) is 29.4. The lowest BCUT2D eigenvalue weighted by molar-refractivity contribution is -0.138. The second-order valence-electron chi connectivity index (χ2n) is 5.68. The number of fused-ring (bicyclic) bond motifs is 1. The zero-order chi connectivity index (χ0) is 19.7. The SMILES string of the molecule is Cc1sccc1N(Cc1nc2c(F)c(F)cc(F)c2s1)C(=O)CCC(=O)O. The molecule has 0 unspecified atom stereocenters. The topological polar surface area (TPSA) is 70.5 Å². The van der Waals surface area contributed by atoms with Crippen LogP contribution in [0.2, 0.25) is 0 Å². The van der Waals surface area contributed by atoms with Gasteiger partial charge in [-0.15, -0.1) is 22.7 Å². The molecule has 1 N–H and O–H groups in total. The summed E-state index contributed by atoms with van der Waals surface area (Å²) in [6, 6.07) is 2.16. The standard InChI is InChI=1S/C17H13F3N2O3S2/c1-8-11(4-5-26-8)22(13(23)2-3-14(24)25)7-12-21-16-15(20)9(18)6-10(19)17(16)27-12/h4-6H,2-3,7H2,1H3,(H,24,25). The number of amides is 1. The molecule has 2 heterocycles. The molecule has 142 valence electrons. The molecule has 0 saturated heterocycles. The number of carbonyl (C=O) groups is 2. The van der Waals surface area contributed by atoms with Gasteiger partial charge in [-0.25, -0.2) is 18.2 Å². The minimum Gasteiger partial charge on any atom is -0.481 e. The Hall–Kier alpha value is -2.46. The zero-order valence-electron chi connectivity index (χ0n) is 14.0. The first kappa shape index (κ1) is 19.3. The number of aryl methyl sites for hydroxylation is 1. The Morgan fingerprint density at radius 1 is 1.22 bits per heavy atom. The second-order valence-corrected chi connectivity index (χ2v) is 7.88. The van der Waals surface area contributed by atoms with E-state index in [-0.39, 0.29) is 29.1 Å². The molecule has 1 aromatic carbocycles. The molecule has 0 spiro atoms. The molecular weight excluding hydrogens is 401 g/mol. The number of benzene rings is 1. The summed E-state index contributed by atoms with van der Waals surface area (Å²) in [7, 11) is 0. The average molecular weight is 414 g/mol. The summed E-state index contributed by atoms with van der Waals surface area (Å²) in [6.07, 6.45) is -0.570. The van der Waals surface area contributed by atoms with E-state index >= 15 is 0 Å². The van der Waals surface area contributed by atoms with Crippen molar-refractivity contribution in [1.82, 2.24) is 4.98 Å². The number of hydrogen-bond acceptors (Lipinski definition) is 5. The first-order valence-electron chi connectivity index (χ1n) is 7.77. The van der Waals surface area contributed by atoms with Crippen LogP contribution in [0.4, 0.5) is 18.9 Å². The summed E-state index contributed by atoms with van der Waals surface area (Å²) in [6.45, 7) is 1.69. The van der Waals surface area contributed by atoms with Crippen molar-refractivity contribution >= 4 is 50.5 Å². The molecule has 2 aromatic heterocycles. The summed E-state index contributed by atoms with van der Waals surface area (Å²) in [5, 5.41) is 10.8. The van der Waals surface area contributed by atoms with Crippen LogP contribution in [0.5, 0.6) is 0 Å². The fourth-order valence-corrected chi connectivity index (χ4v) is 4.20. The predicted molar refractivity (Wildman–Crippen MR) is 96.6 cm³/mol. The van der Waals surface area contributed by atoms with Gasteiger partial charge in [-0.1, -0.05) is 0 Å². The van der Waals surface area contributed by atoms with Gasteiger partial charge in [-0.05, 0) is 18.4 Å². The third-order valence-corrected chi connectivity index (χ3v) is 5.71. The number of anilines is 1. The molecule has 3 aromatic rings. The van der Waals surface area contributed by atoms with E-state index in [0.717, 1.165) is 16.2 Å². The van der Waals surface area contributed by atoms with Crippen LogP contribution in [0.15, 0.2) is 17.5 Å². The van der Waals surface area contributed by atoms with Gasteiger partial charge in [0.15, 0.2) is 11.6 Å². The first-order chi connectivity index (χ1) is 12.8. The quantitative estimate of drug-likeness (QED) is 0.604. The summed E-state index contributed by atoms with van der Waals surface area (Å²) >= 11 is 2.22. The van der Waals surface area contributed by atoms with Crippen molar-refractivity contribution in [2.24, 2.45) is 0 Å². The number of hydrogen-bond donors (Lipinski definition) is 1. The Bertz CT molecular complexity index is 1030. The molecule has 0 saturated carbocycles. The van der Waals surface area contributed by atoms with Gasteiger partial charge in [0, 0.05) is 17.4 Å². The number of carboxylic acid groups (broad SMARTS) is 1. The number of nitrogens with zero attached hydrogens (tertiary/aromatic N) is 2. The molecule has 0 fully saturated rings. The highest BCUT2D eigenvalue weighted by Gasteiger charge is 2.23. The molecule has 0 aliphatic rings. The van der Waals surface area contributed by atoms with Crippen LogP contribution in [0, 0.1) is 24.4 Å². The molecule has 27 heavy (non-hydrogen) atoms. The Kier molecular flexibility index (Phi) is 5.47. The van der Waals surface area contributed by atoms with E-state index < -0.39 is 34.8 Å². The van der Waals surface area contributed by atoms with E-state index in [1.54, 1.807) is 18.4 Å². The van der Waals surface area contributed by atoms with Gasteiger partial charge < -0.3 is 10.0 Å². The molecule has 3 rings (SSSR count). The molecule has 0 atom stereocenters. The Labute approximate surface area is 159 Å². The molecule has 1 amide bonds. The van der Waals surface area contributed by atoms with Crippen molar-refractivity contribution < 1.29 is 27.9 Å². The molecule has 0 bridgehead atoms. The fraction of sp³-hybridized carbons (Fsp3) is 0.235. The Morgan fingerprint density at radius 3 is 2.59 bits per heavy atom.